The van der Waals surface area contributed by atoms with Gasteiger partial charge in [-0.2, -0.15) is 0 Å². The molecule has 0 aromatic carbocycles. The lowest BCUT2D eigenvalue weighted by molar-refractivity contribution is 0.530. The minimum atomic E-state index is 1.03. The van der Waals surface area contributed by atoms with Crippen molar-refractivity contribution >= 4 is 0 Å². The summed E-state index contributed by atoms with van der Waals surface area (Å²) >= 11 is 0. The second kappa shape index (κ2) is 5.02. The molecule has 1 heterocycles. The summed E-state index contributed by atoms with van der Waals surface area (Å²) in [6, 6.07) is 2.13. The second-order valence-electron chi connectivity index (χ2n) is 3.38. The summed E-state index contributed by atoms with van der Waals surface area (Å²) in [4.78, 5) is 0. The Morgan fingerprint density at radius 2 is 2.08 bits per heavy atom. The molecule has 0 amide bonds. The molecule has 0 atom stereocenters. The van der Waals surface area contributed by atoms with E-state index in [1.807, 2.05) is 13.2 Å². The van der Waals surface area contributed by atoms with Gasteiger partial charge in [-0.05, 0) is 31.4 Å². The van der Waals surface area contributed by atoms with Crippen molar-refractivity contribution in [2.45, 2.75) is 46.0 Å². The predicted octanol–water partition coefficient (Wildman–Crippen LogP) is 3.71. The average molecular weight is 166 g/mol. The van der Waals surface area contributed by atoms with Crippen LogP contribution in [0.15, 0.2) is 16.7 Å². The zero-order valence-electron chi connectivity index (χ0n) is 8.10. The van der Waals surface area contributed by atoms with Gasteiger partial charge in [0.1, 0.15) is 5.76 Å². The normalized spacial score (nSPS) is 10.5. The Morgan fingerprint density at radius 3 is 2.67 bits per heavy atom. The van der Waals surface area contributed by atoms with E-state index in [1.54, 1.807) is 0 Å². The molecule has 0 unspecified atom stereocenters. The lowest BCUT2D eigenvalue weighted by atomic mass is 10.1. The molecule has 0 fully saturated rings. The Labute approximate surface area is 74.8 Å². The molecule has 0 aliphatic heterocycles. The molecule has 12 heavy (non-hydrogen) atoms. The Balaban J connectivity index is 2.15. The van der Waals surface area contributed by atoms with Crippen molar-refractivity contribution in [2.24, 2.45) is 0 Å². The fraction of sp³-hybridized carbons (Fsp3) is 0.636. The molecule has 0 spiro atoms. The predicted molar refractivity (Wildman–Crippen MR) is 51.3 cm³/mol. The Bertz CT molecular complexity index is 213. The van der Waals surface area contributed by atoms with E-state index in [2.05, 4.69) is 13.0 Å². The summed E-state index contributed by atoms with van der Waals surface area (Å²) in [5.41, 5.74) is 1.35. The zero-order valence-corrected chi connectivity index (χ0v) is 8.10. The maximum Gasteiger partial charge on any atom is 0.100 e. The highest BCUT2D eigenvalue weighted by atomic mass is 16.3. The topological polar surface area (TPSA) is 13.1 Å². The van der Waals surface area contributed by atoms with Crippen molar-refractivity contribution in [1.29, 1.82) is 0 Å². The zero-order chi connectivity index (χ0) is 8.81. The van der Waals surface area contributed by atoms with Crippen LogP contribution in [0.4, 0.5) is 0 Å². The van der Waals surface area contributed by atoms with E-state index in [0.717, 1.165) is 5.76 Å². The smallest absolute Gasteiger partial charge is 0.100 e. The first-order valence-corrected chi connectivity index (χ1v) is 4.87. The molecule has 0 saturated heterocycles. The molecule has 1 aromatic heterocycles. The Hall–Kier alpha value is -0.720. The molecule has 1 aromatic rings. The first-order valence-electron chi connectivity index (χ1n) is 4.87. The van der Waals surface area contributed by atoms with Crippen LogP contribution in [0.25, 0.3) is 0 Å². The van der Waals surface area contributed by atoms with Gasteiger partial charge in [-0.25, -0.2) is 0 Å². The number of hydrogen-bond acceptors (Lipinski definition) is 1. The number of aryl methyl sites for hydroxylation is 2. The molecular formula is C11H18O. The van der Waals surface area contributed by atoms with E-state index >= 15 is 0 Å². The standard InChI is InChI=1S/C11H18O/c1-3-4-5-6-7-11-8-10(2)12-9-11/h8-9H,3-7H2,1-2H3. The first-order chi connectivity index (χ1) is 5.83. The van der Waals surface area contributed by atoms with Crippen LogP contribution >= 0.6 is 0 Å². The van der Waals surface area contributed by atoms with E-state index in [0.29, 0.717) is 0 Å². The van der Waals surface area contributed by atoms with E-state index in [-0.39, 0.29) is 0 Å². The van der Waals surface area contributed by atoms with Crippen molar-refractivity contribution in [3.63, 3.8) is 0 Å². The third kappa shape index (κ3) is 3.12. The van der Waals surface area contributed by atoms with E-state index in [1.165, 1.54) is 37.7 Å². The highest BCUT2D eigenvalue weighted by Crippen LogP contribution is 2.10. The third-order valence-electron chi connectivity index (χ3n) is 2.10. The maximum atomic E-state index is 5.22. The van der Waals surface area contributed by atoms with Crippen molar-refractivity contribution in [3.8, 4) is 0 Å². The van der Waals surface area contributed by atoms with E-state index in [9.17, 15) is 0 Å². The molecule has 1 rings (SSSR count). The molecule has 68 valence electrons. The molecular weight excluding hydrogens is 148 g/mol. The van der Waals surface area contributed by atoms with Gasteiger partial charge < -0.3 is 4.42 Å². The van der Waals surface area contributed by atoms with Crippen molar-refractivity contribution in [2.75, 3.05) is 0 Å². The molecule has 0 saturated carbocycles. The molecule has 0 bridgehead atoms. The minimum Gasteiger partial charge on any atom is -0.469 e. The van der Waals surface area contributed by atoms with Crippen LogP contribution in [0, 0.1) is 6.92 Å². The van der Waals surface area contributed by atoms with Crippen LogP contribution in [-0.2, 0) is 6.42 Å². The summed E-state index contributed by atoms with van der Waals surface area (Å²) in [5, 5.41) is 0. The van der Waals surface area contributed by atoms with Gasteiger partial charge in [-0.3, -0.25) is 0 Å². The van der Waals surface area contributed by atoms with E-state index < -0.39 is 0 Å². The van der Waals surface area contributed by atoms with Gasteiger partial charge in [0.15, 0.2) is 0 Å². The van der Waals surface area contributed by atoms with Crippen LogP contribution in [0.2, 0.25) is 0 Å². The fourth-order valence-corrected chi connectivity index (χ4v) is 1.38. The SMILES string of the molecule is CCCCCCc1coc(C)c1. The number of furan rings is 1. The highest BCUT2D eigenvalue weighted by molar-refractivity contribution is 5.11. The molecule has 0 aliphatic carbocycles. The molecule has 0 N–H and O–H groups in total. The van der Waals surface area contributed by atoms with Crippen molar-refractivity contribution in [3.05, 3.63) is 23.7 Å². The van der Waals surface area contributed by atoms with Crippen LogP contribution in [0.1, 0.15) is 43.9 Å². The Morgan fingerprint density at radius 1 is 1.25 bits per heavy atom. The van der Waals surface area contributed by atoms with Gasteiger partial charge in [0, 0.05) is 0 Å². The molecule has 1 heteroatoms. The maximum absolute atomic E-state index is 5.22. The lowest BCUT2D eigenvalue weighted by Crippen LogP contribution is -1.81. The van der Waals surface area contributed by atoms with Gasteiger partial charge in [0.05, 0.1) is 6.26 Å². The summed E-state index contributed by atoms with van der Waals surface area (Å²) in [6.45, 7) is 4.23. The highest BCUT2D eigenvalue weighted by Gasteiger charge is 1.96. The summed E-state index contributed by atoms with van der Waals surface area (Å²) in [6.07, 6.45) is 8.37. The van der Waals surface area contributed by atoms with Gasteiger partial charge in [0.2, 0.25) is 0 Å². The fourth-order valence-electron chi connectivity index (χ4n) is 1.38. The third-order valence-corrected chi connectivity index (χ3v) is 2.10. The van der Waals surface area contributed by atoms with Gasteiger partial charge in [-0.1, -0.05) is 26.2 Å². The van der Waals surface area contributed by atoms with E-state index in [4.69, 9.17) is 4.42 Å². The molecule has 0 aliphatic rings. The van der Waals surface area contributed by atoms with Crippen LogP contribution < -0.4 is 0 Å². The number of hydrogen-bond donors (Lipinski definition) is 0. The van der Waals surface area contributed by atoms with Gasteiger partial charge in [-0.15, -0.1) is 0 Å². The Kier molecular flexibility index (Phi) is 3.92. The monoisotopic (exact) mass is 166 g/mol. The summed E-state index contributed by atoms with van der Waals surface area (Å²) in [7, 11) is 0. The van der Waals surface area contributed by atoms with Crippen LogP contribution in [-0.4, -0.2) is 0 Å². The summed E-state index contributed by atoms with van der Waals surface area (Å²) < 4.78 is 5.22. The quantitative estimate of drug-likeness (QED) is 0.608. The molecule has 1 nitrogen and oxygen atoms in total. The van der Waals surface area contributed by atoms with Crippen molar-refractivity contribution in [1.82, 2.24) is 0 Å². The number of unbranched alkanes of at least 4 members (excludes halogenated alkanes) is 3. The van der Waals surface area contributed by atoms with Gasteiger partial charge >= 0.3 is 0 Å². The average Bonchev–Trinajstić information content (AvgIpc) is 2.45. The van der Waals surface area contributed by atoms with Crippen LogP contribution in [0.3, 0.4) is 0 Å². The second-order valence-corrected chi connectivity index (χ2v) is 3.38. The van der Waals surface area contributed by atoms with Gasteiger partial charge in [0.25, 0.3) is 0 Å². The van der Waals surface area contributed by atoms with Crippen LogP contribution in [0.5, 0.6) is 0 Å². The molecule has 0 radical (unpaired) electrons. The largest absolute Gasteiger partial charge is 0.469 e. The van der Waals surface area contributed by atoms with Crippen molar-refractivity contribution < 1.29 is 4.42 Å². The minimum absolute atomic E-state index is 1.03. The lowest BCUT2D eigenvalue weighted by Gasteiger charge is -1.95. The summed E-state index contributed by atoms with van der Waals surface area (Å²) in [5.74, 6) is 1.03. The number of rotatable bonds is 5. The first kappa shape index (κ1) is 9.37.